The fraction of sp³-hybridized carbons (Fsp3) is 0.0556. The topological polar surface area (TPSA) is 84.5 Å². The Hall–Kier alpha value is -3.06. The molecule has 2 aromatic carbocycles. The first-order valence-electron chi connectivity index (χ1n) is 7.43. The van der Waals surface area contributed by atoms with Gasteiger partial charge in [0.25, 0.3) is 17.1 Å². The van der Waals surface area contributed by atoms with Crippen LogP contribution in [0.25, 0.3) is 6.08 Å². The van der Waals surface area contributed by atoms with Crippen LogP contribution in [0.2, 0.25) is 0 Å². The van der Waals surface area contributed by atoms with Gasteiger partial charge in [0.15, 0.2) is 6.61 Å². The second-order valence-corrected chi connectivity index (χ2v) is 6.11. The number of thioether (sulfide) groups is 1. The Balaban J connectivity index is 1.67. The molecule has 1 aliphatic rings. The molecule has 3 rings (SSSR count). The number of amides is 3. The molecule has 0 aromatic heterocycles. The first-order valence-corrected chi connectivity index (χ1v) is 8.25. The molecule has 1 fully saturated rings. The summed E-state index contributed by atoms with van der Waals surface area (Å²) in [6, 6.07) is 16.1. The third-order valence-corrected chi connectivity index (χ3v) is 4.07. The minimum absolute atomic E-state index is 0.173. The predicted octanol–water partition coefficient (Wildman–Crippen LogP) is 3.03. The van der Waals surface area contributed by atoms with E-state index in [2.05, 4.69) is 10.6 Å². The van der Waals surface area contributed by atoms with E-state index in [0.717, 1.165) is 11.8 Å². The Bertz CT molecular complexity index is 849. The maximum absolute atomic E-state index is 12.0. The van der Waals surface area contributed by atoms with Crippen molar-refractivity contribution >= 4 is 40.6 Å². The zero-order chi connectivity index (χ0) is 17.6. The number of imide groups is 1. The minimum Gasteiger partial charge on any atom is -0.483 e. The lowest BCUT2D eigenvalue weighted by Crippen LogP contribution is -2.20. The Kier molecular flexibility index (Phi) is 5.15. The molecule has 0 saturated carbocycles. The minimum atomic E-state index is -0.438. The summed E-state index contributed by atoms with van der Waals surface area (Å²) in [5.74, 6) is -0.283. The molecule has 0 atom stereocenters. The zero-order valence-corrected chi connectivity index (χ0v) is 13.8. The fourth-order valence-corrected chi connectivity index (χ4v) is 2.83. The lowest BCUT2D eigenvalue weighted by Gasteiger charge is -2.10. The number of anilines is 1. The third-order valence-electron chi connectivity index (χ3n) is 3.26. The largest absolute Gasteiger partial charge is 0.483 e. The second-order valence-electron chi connectivity index (χ2n) is 5.09. The van der Waals surface area contributed by atoms with Crippen LogP contribution >= 0.6 is 11.8 Å². The maximum Gasteiger partial charge on any atom is 0.290 e. The van der Waals surface area contributed by atoms with Gasteiger partial charge in [-0.25, -0.2) is 0 Å². The van der Waals surface area contributed by atoms with Gasteiger partial charge < -0.3 is 10.1 Å². The summed E-state index contributed by atoms with van der Waals surface area (Å²) >= 11 is 0.830. The van der Waals surface area contributed by atoms with Crippen molar-refractivity contribution in [3.63, 3.8) is 0 Å². The number of para-hydroxylation sites is 2. The van der Waals surface area contributed by atoms with E-state index in [1.54, 1.807) is 42.5 Å². The first kappa shape index (κ1) is 16.8. The van der Waals surface area contributed by atoms with E-state index in [-0.39, 0.29) is 17.4 Å². The van der Waals surface area contributed by atoms with Gasteiger partial charge >= 0.3 is 0 Å². The molecule has 0 unspecified atom stereocenters. The monoisotopic (exact) mass is 354 g/mol. The van der Waals surface area contributed by atoms with Gasteiger partial charge in [0.05, 0.1) is 4.91 Å². The van der Waals surface area contributed by atoms with Gasteiger partial charge in [-0.2, -0.15) is 0 Å². The van der Waals surface area contributed by atoms with Gasteiger partial charge in [-0.1, -0.05) is 36.4 Å². The molecule has 0 aliphatic carbocycles. The summed E-state index contributed by atoms with van der Waals surface area (Å²) < 4.78 is 5.56. The molecule has 0 radical (unpaired) electrons. The van der Waals surface area contributed by atoms with Crippen molar-refractivity contribution in [1.82, 2.24) is 5.32 Å². The predicted molar refractivity (Wildman–Crippen MR) is 96.1 cm³/mol. The van der Waals surface area contributed by atoms with Crippen molar-refractivity contribution in [3.8, 4) is 5.75 Å². The molecule has 0 bridgehead atoms. The van der Waals surface area contributed by atoms with E-state index in [4.69, 9.17) is 4.74 Å². The molecule has 1 heterocycles. The van der Waals surface area contributed by atoms with Crippen molar-refractivity contribution in [2.45, 2.75) is 0 Å². The number of rotatable bonds is 5. The number of hydrogen-bond donors (Lipinski definition) is 2. The highest BCUT2D eigenvalue weighted by Gasteiger charge is 2.25. The highest BCUT2D eigenvalue weighted by atomic mass is 32.2. The van der Waals surface area contributed by atoms with Crippen LogP contribution in [-0.2, 0) is 9.59 Å². The molecule has 0 spiro atoms. The van der Waals surface area contributed by atoms with Gasteiger partial charge in [-0.05, 0) is 36.0 Å². The standard InChI is InChI=1S/C18H14N2O4S/c21-16(19-13-7-2-1-3-8-13)11-24-14-9-5-4-6-12(14)10-15-17(22)20-18(23)25-15/h1-10H,11H2,(H,19,21)(H,20,22,23)/b15-10+. The van der Waals surface area contributed by atoms with E-state index in [9.17, 15) is 14.4 Å². The van der Waals surface area contributed by atoms with Crippen LogP contribution in [0.3, 0.4) is 0 Å². The molecule has 3 amide bonds. The smallest absolute Gasteiger partial charge is 0.290 e. The average Bonchev–Trinajstić information content (AvgIpc) is 2.92. The molecule has 126 valence electrons. The summed E-state index contributed by atoms with van der Waals surface area (Å²) in [4.78, 5) is 35.1. The zero-order valence-electron chi connectivity index (χ0n) is 13.0. The maximum atomic E-state index is 12.0. The lowest BCUT2D eigenvalue weighted by molar-refractivity contribution is -0.118. The summed E-state index contributed by atoms with van der Waals surface area (Å²) in [7, 11) is 0. The molecule has 1 saturated heterocycles. The van der Waals surface area contributed by atoms with Gasteiger partial charge in [0, 0.05) is 11.3 Å². The number of benzene rings is 2. The van der Waals surface area contributed by atoms with E-state index >= 15 is 0 Å². The number of ether oxygens (including phenoxy) is 1. The summed E-state index contributed by atoms with van der Waals surface area (Å²) in [6.07, 6.45) is 1.56. The molecule has 1 aliphatic heterocycles. The first-order chi connectivity index (χ1) is 12.1. The van der Waals surface area contributed by atoms with Crippen molar-refractivity contribution in [1.29, 1.82) is 0 Å². The second kappa shape index (κ2) is 7.67. The third kappa shape index (κ3) is 4.48. The van der Waals surface area contributed by atoms with E-state index in [0.29, 0.717) is 17.0 Å². The molecular formula is C18H14N2O4S. The molecule has 2 N–H and O–H groups in total. The Morgan fingerprint density at radius 3 is 2.52 bits per heavy atom. The highest BCUT2D eigenvalue weighted by molar-refractivity contribution is 8.18. The molecule has 6 nitrogen and oxygen atoms in total. The van der Waals surface area contributed by atoms with E-state index in [1.165, 1.54) is 0 Å². The fourth-order valence-electron chi connectivity index (χ4n) is 2.16. The molecular weight excluding hydrogens is 340 g/mol. The quantitative estimate of drug-likeness (QED) is 0.806. The van der Waals surface area contributed by atoms with E-state index in [1.807, 2.05) is 18.2 Å². The van der Waals surface area contributed by atoms with Gasteiger partial charge in [-0.3, -0.25) is 19.7 Å². The van der Waals surface area contributed by atoms with Crippen LogP contribution in [-0.4, -0.2) is 23.7 Å². The lowest BCUT2D eigenvalue weighted by atomic mass is 10.2. The van der Waals surface area contributed by atoms with Crippen molar-refractivity contribution in [2.75, 3.05) is 11.9 Å². The van der Waals surface area contributed by atoms with Gasteiger partial charge in [-0.15, -0.1) is 0 Å². The number of carbonyl (C=O) groups excluding carboxylic acids is 3. The molecule has 25 heavy (non-hydrogen) atoms. The number of carbonyl (C=O) groups is 3. The Morgan fingerprint density at radius 1 is 1.08 bits per heavy atom. The Labute approximate surface area is 148 Å². The van der Waals surface area contributed by atoms with E-state index < -0.39 is 11.1 Å². The summed E-state index contributed by atoms with van der Waals surface area (Å²) in [6.45, 7) is -0.173. The Morgan fingerprint density at radius 2 is 1.80 bits per heavy atom. The van der Waals surface area contributed by atoms with Crippen molar-refractivity contribution < 1.29 is 19.1 Å². The summed E-state index contributed by atoms with van der Waals surface area (Å²) in [5.41, 5.74) is 1.30. The van der Waals surface area contributed by atoms with Crippen LogP contribution in [0.15, 0.2) is 59.5 Å². The van der Waals surface area contributed by atoms with Gasteiger partial charge in [0.2, 0.25) is 0 Å². The van der Waals surface area contributed by atoms with Gasteiger partial charge in [0.1, 0.15) is 5.75 Å². The highest BCUT2D eigenvalue weighted by Crippen LogP contribution is 2.29. The van der Waals surface area contributed by atoms with Crippen molar-refractivity contribution in [3.05, 3.63) is 65.1 Å². The number of hydrogen-bond acceptors (Lipinski definition) is 5. The van der Waals surface area contributed by atoms with Crippen LogP contribution < -0.4 is 15.4 Å². The summed E-state index contributed by atoms with van der Waals surface area (Å²) in [5, 5.41) is 4.52. The SMILES string of the molecule is O=C(COc1ccccc1/C=C1/SC(=O)NC1=O)Nc1ccccc1. The van der Waals surface area contributed by atoms with Crippen LogP contribution in [0, 0.1) is 0 Å². The average molecular weight is 354 g/mol. The van der Waals surface area contributed by atoms with Crippen LogP contribution in [0.4, 0.5) is 10.5 Å². The number of nitrogens with one attached hydrogen (secondary N) is 2. The normalized spacial score (nSPS) is 15.1. The molecule has 2 aromatic rings. The van der Waals surface area contributed by atoms with Crippen LogP contribution in [0.5, 0.6) is 5.75 Å². The van der Waals surface area contributed by atoms with Crippen molar-refractivity contribution in [2.24, 2.45) is 0 Å². The van der Waals surface area contributed by atoms with Crippen LogP contribution in [0.1, 0.15) is 5.56 Å². The molecule has 7 heteroatoms.